The van der Waals surface area contributed by atoms with Crippen molar-refractivity contribution in [3.05, 3.63) is 34.3 Å². The topological polar surface area (TPSA) is 12.0 Å². The van der Waals surface area contributed by atoms with Crippen molar-refractivity contribution in [2.75, 3.05) is 13.1 Å². The zero-order valence-electron chi connectivity index (χ0n) is 9.15. The highest BCUT2D eigenvalue weighted by atomic mass is 35.5. The highest BCUT2D eigenvalue weighted by Gasteiger charge is 2.34. The fourth-order valence-corrected chi connectivity index (χ4v) is 2.36. The number of rotatable bonds is 2. The molecule has 1 unspecified atom stereocenters. The normalized spacial score (nSPS) is 20.8. The molecule has 1 aliphatic rings. The number of alkyl halides is 3. The van der Waals surface area contributed by atoms with Crippen LogP contribution in [0.25, 0.3) is 0 Å². The lowest BCUT2D eigenvalue weighted by atomic mass is 9.95. The Hall–Kier alpha value is -0.740. The van der Waals surface area contributed by atoms with Gasteiger partial charge in [-0.2, -0.15) is 13.2 Å². The van der Waals surface area contributed by atoms with Crippen LogP contribution in [0.2, 0.25) is 5.02 Å². The van der Waals surface area contributed by atoms with E-state index in [0.29, 0.717) is 12.0 Å². The van der Waals surface area contributed by atoms with E-state index >= 15 is 0 Å². The highest BCUT2D eigenvalue weighted by molar-refractivity contribution is 6.30. The Morgan fingerprint density at radius 2 is 2.12 bits per heavy atom. The molecule has 1 aromatic carbocycles. The SMILES string of the molecule is FC(F)(F)c1cc(Cl)ccc1CC1CCNC1. The van der Waals surface area contributed by atoms with E-state index in [1.165, 1.54) is 12.1 Å². The van der Waals surface area contributed by atoms with E-state index in [2.05, 4.69) is 5.32 Å². The highest BCUT2D eigenvalue weighted by Crippen LogP contribution is 2.35. The summed E-state index contributed by atoms with van der Waals surface area (Å²) in [5.74, 6) is 0.289. The molecule has 0 amide bonds. The van der Waals surface area contributed by atoms with E-state index in [1.807, 2.05) is 0 Å². The van der Waals surface area contributed by atoms with E-state index in [1.54, 1.807) is 0 Å². The van der Waals surface area contributed by atoms with Gasteiger partial charge in [-0.05, 0) is 49.5 Å². The van der Waals surface area contributed by atoms with Crippen molar-refractivity contribution in [2.45, 2.75) is 19.0 Å². The van der Waals surface area contributed by atoms with Crippen molar-refractivity contribution in [1.82, 2.24) is 5.32 Å². The molecule has 0 aliphatic carbocycles. The molecule has 1 saturated heterocycles. The van der Waals surface area contributed by atoms with Gasteiger partial charge in [0.2, 0.25) is 0 Å². The Morgan fingerprint density at radius 3 is 2.71 bits per heavy atom. The summed E-state index contributed by atoms with van der Waals surface area (Å²) < 4.78 is 38.5. The molecular weight excluding hydrogens is 251 g/mol. The van der Waals surface area contributed by atoms with Crippen molar-refractivity contribution in [3.8, 4) is 0 Å². The molecule has 2 rings (SSSR count). The minimum atomic E-state index is -4.33. The Morgan fingerprint density at radius 1 is 1.35 bits per heavy atom. The molecule has 94 valence electrons. The summed E-state index contributed by atoms with van der Waals surface area (Å²) in [6.07, 6.45) is -2.94. The number of hydrogen-bond acceptors (Lipinski definition) is 1. The lowest BCUT2D eigenvalue weighted by molar-refractivity contribution is -0.138. The Labute approximate surface area is 103 Å². The van der Waals surface area contributed by atoms with Crippen LogP contribution in [0, 0.1) is 5.92 Å². The molecule has 5 heteroatoms. The largest absolute Gasteiger partial charge is 0.416 e. The molecule has 0 radical (unpaired) electrons. The van der Waals surface area contributed by atoms with Crippen LogP contribution in [-0.2, 0) is 12.6 Å². The second-order valence-electron chi connectivity index (χ2n) is 4.36. The summed E-state index contributed by atoms with van der Waals surface area (Å²) in [5.41, 5.74) is -0.257. The van der Waals surface area contributed by atoms with E-state index in [0.717, 1.165) is 25.6 Å². The summed E-state index contributed by atoms with van der Waals surface area (Å²) in [6.45, 7) is 1.68. The van der Waals surface area contributed by atoms with E-state index in [4.69, 9.17) is 11.6 Å². The summed E-state index contributed by atoms with van der Waals surface area (Å²) in [5, 5.41) is 3.29. The van der Waals surface area contributed by atoms with Gasteiger partial charge in [0.1, 0.15) is 0 Å². The Bertz CT molecular complexity index is 397. The molecule has 17 heavy (non-hydrogen) atoms. The predicted molar refractivity (Wildman–Crippen MR) is 61.1 cm³/mol. The maximum absolute atomic E-state index is 12.8. The molecule has 1 aromatic rings. The van der Waals surface area contributed by atoms with Gasteiger partial charge in [-0.25, -0.2) is 0 Å². The predicted octanol–water partition coefficient (Wildman–Crippen LogP) is 3.51. The lowest BCUT2D eigenvalue weighted by Gasteiger charge is -2.15. The molecule has 1 atom stereocenters. The van der Waals surface area contributed by atoms with Gasteiger partial charge in [0.25, 0.3) is 0 Å². The second kappa shape index (κ2) is 4.86. The quantitative estimate of drug-likeness (QED) is 0.861. The van der Waals surface area contributed by atoms with E-state index < -0.39 is 11.7 Å². The summed E-state index contributed by atoms with van der Waals surface area (Å²) in [4.78, 5) is 0. The molecule has 0 saturated carbocycles. The maximum atomic E-state index is 12.8. The fraction of sp³-hybridized carbons (Fsp3) is 0.500. The standard InChI is InChI=1S/C12H13ClF3N/c13-10-2-1-9(5-8-3-4-17-7-8)11(6-10)12(14,15)16/h1-2,6,8,17H,3-5,7H2. The number of benzene rings is 1. The van der Waals surface area contributed by atoms with E-state index in [9.17, 15) is 13.2 Å². The number of halogens is 4. The van der Waals surface area contributed by atoms with Crippen LogP contribution in [0.3, 0.4) is 0 Å². The third kappa shape index (κ3) is 3.13. The summed E-state index contributed by atoms with van der Waals surface area (Å²) >= 11 is 5.63. The zero-order valence-corrected chi connectivity index (χ0v) is 9.91. The van der Waals surface area contributed by atoms with Gasteiger partial charge in [-0.15, -0.1) is 0 Å². The van der Waals surface area contributed by atoms with Crippen LogP contribution in [0.4, 0.5) is 13.2 Å². The smallest absolute Gasteiger partial charge is 0.316 e. The van der Waals surface area contributed by atoms with Gasteiger partial charge >= 0.3 is 6.18 Å². The van der Waals surface area contributed by atoms with Gasteiger partial charge < -0.3 is 5.32 Å². The molecule has 0 aromatic heterocycles. The minimum absolute atomic E-state index is 0.130. The van der Waals surface area contributed by atoms with Crippen molar-refractivity contribution in [2.24, 2.45) is 5.92 Å². The van der Waals surface area contributed by atoms with Gasteiger partial charge in [0.05, 0.1) is 5.56 Å². The first-order valence-corrected chi connectivity index (χ1v) is 5.91. The zero-order chi connectivity index (χ0) is 12.5. The van der Waals surface area contributed by atoms with Crippen LogP contribution >= 0.6 is 11.6 Å². The Balaban J connectivity index is 2.25. The molecule has 0 bridgehead atoms. The summed E-state index contributed by atoms with van der Waals surface area (Å²) in [7, 11) is 0. The minimum Gasteiger partial charge on any atom is -0.316 e. The molecule has 1 nitrogen and oxygen atoms in total. The third-order valence-corrected chi connectivity index (χ3v) is 3.28. The monoisotopic (exact) mass is 263 g/mol. The molecule has 1 heterocycles. The molecule has 1 aliphatic heterocycles. The number of nitrogens with one attached hydrogen (secondary N) is 1. The average molecular weight is 264 g/mol. The fourth-order valence-electron chi connectivity index (χ4n) is 2.19. The van der Waals surface area contributed by atoms with E-state index in [-0.39, 0.29) is 10.9 Å². The van der Waals surface area contributed by atoms with Gasteiger partial charge in [0.15, 0.2) is 0 Å². The third-order valence-electron chi connectivity index (χ3n) is 3.05. The molecule has 1 N–H and O–H groups in total. The number of hydrogen-bond donors (Lipinski definition) is 1. The first-order valence-electron chi connectivity index (χ1n) is 5.53. The first kappa shape index (κ1) is 12.7. The maximum Gasteiger partial charge on any atom is 0.416 e. The van der Waals surface area contributed by atoms with Crippen molar-refractivity contribution >= 4 is 11.6 Å². The van der Waals surface area contributed by atoms with Gasteiger partial charge in [0, 0.05) is 5.02 Å². The lowest BCUT2D eigenvalue weighted by Crippen LogP contribution is -2.14. The van der Waals surface area contributed by atoms with Gasteiger partial charge in [-0.3, -0.25) is 0 Å². The van der Waals surface area contributed by atoms with Crippen LogP contribution in [0.5, 0.6) is 0 Å². The van der Waals surface area contributed by atoms with Crippen LogP contribution in [0.1, 0.15) is 17.5 Å². The van der Waals surface area contributed by atoms with Crippen molar-refractivity contribution < 1.29 is 13.2 Å². The Kier molecular flexibility index (Phi) is 3.64. The average Bonchev–Trinajstić information content (AvgIpc) is 2.72. The van der Waals surface area contributed by atoms with Crippen LogP contribution in [-0.4, -0.2) is 13.1 Å². The first-order chi connectivity index (χ1) is 7.97. The molecule has 0 spiro atoms. The summed E-state index contributed by atoms with van der Waals surface area (Å²) in [6, 6.07) is 4.03. The van der Waals surface area contributed by atoms with Crippen LogP contribution < -0.4 is 5.32 Å². The van der Waals surface area contributed by atoms with Gasteiger partial charge in [-0.1, -0.05) is 17.7 Å². The van der Waals surface area contributed by atoms with Crippen molar-refractivity contribution in [3.63, 3.8) is 0 Å². The molecular formula is C12H13ClF3N. The van der Waals surface area contributed by atoms with Crippen molar-refractivity contribution in [1.29, 1.82) is 0 Å². The second-order valence-corrected chi connectivity index (χ2v) is 4.80. The van der Waals surface area contributed by atoms with Crippen LogP contribution in [0.15, 0.2) is 18.2 Å². The molecule has 1 fully saturated rings.